The molecule has 1 rings (SSSR count). The first-order valence-corrected chi connectivity index (χ1v) is 7.12. The predicted molar refractivity (Wildman–Crippen MR) is 76.6 cm³/mol. The molecule has 20 heavy (non-hydrogen) atoms. The molecule has 1 saturated heterocycles. The number of amides is 3. The molecule has 3 amide bonds. The van der Waals surface area contributed by atoms with Crippen LogP contribution in [-0.2, 0) is 9.53 Å². The van der Waals surface area contributed by atoms with Crippen LogP contribution in [0.4, 0.5) is 4.79 Å². The standard InChI is InChI=1S/C13H26N4O3/c1-14-9-11-5-3-4-7-17(11)10-12(18)16-13(19)15-6-8-20-2/h11,14H,3-10H2,1-2H3,(H2,15,16,18,19). The average molecular weight is 286 g/mol. The summed E-state index contributed by atoms with van der Waals surface area (Å²) in [7, 11) is 3.47. The number of likely N-dealkylation sites (tertiary alicyclic amines) is 1. The highest BCUT2D eigenvalue weighted by Crippen LogP contribution is 2.15. The van der Waals surface area contributed by atoms with Gasteiger partial charge in [0.25, 0.3) is 0 Å². The largest absolute Gasteiger partial charge is 0.383 e. The molecule has 0 aromatic rings. The lowest BCUT2D eigenvalue weighted by Crippen LogP contribution is -2.51. The Balaban J connectivity index is 2.30. The summed E-state index contributed by atoms with van der Waals surface area (Å²) in [6.45, 7) is 2.86. The van der Waals surface area contributed by atoms with Crippen molar-refractivity contribution in [1.82, 2.24) is 20.9 Å². The summed E-state index contributed by atoms with van der Waals surface area (Å²) < 4.78 is 4.82. The molecule has 1 heterocycles. The molecule has 0 aromatic carbocycles. The van der Waals surface area contributed by atoms with Crippen molar-refractivity contribution in [3.05, 3.63) is 0 Å². The van der Waals surface area contributed by atoms with Gasteiger partial charge in [0.2, 0.25) is 5.91 Å². The Kier molecular flexibility index (Phi) is 8.17. The molecule has 1 aliphatic rings. The van der Waals surface area contributed by atoms with Crippen molar-refractivity contribution in [3.63, 3.8) is 0 Å². The first kappa shape index (κ1) is 16.9. The van der Waals surface area contributed by atoms with Crippen LogP contribution in [0.15, 0.2) is 0 Å². The Hall–Kier alpha value is -1.18. The normalized spacial score (nSPS) is 19.6. The zero-order valence-corrected chi connectivity index (χ0v) is 12.4. The zero-order chi connectivity index (χ0) is 14.8. The summed E-state index contributed by atoms with van der Waals surface area (Å²) >= 11 is 0. The number of piperidine rings is 1. The van der Waals surface area contributed by atoms with Crippen LogP contribution in [-0.4, -0.2) is 69.8 Å². The Morgan fingerprint density at radius 1 is 1.35 bits per heavy atom. The second-order valence-electron chi connectivity index (χ2n) is 4.97. The fourth-order valence-corrected chi connectivity index (χ4v) is 2.40. The number of rotatable bonds is 7. The third-order valence-corrected chi connectivity index (χ3v) is 3.38. The van der Waals surface area contributed by atoms with Gasteiger partial charge in [0, 0.05) is 26.2 Å². The number of urea groups is 1. The molecule has 1 atom stereocenters. The Morgan fingerprint density at radius 2 is 2.15 bits per heavy atom. The predicted octanol–water partition coefficient (Wildman–Crippen LogP) is -0.467. The van der Waals surface area contributed by atoms with Crippen molar-refractivity contribution in [2.45, 2.75) is 25.3 Å². The summed E-state index contributed by atoms with van der Waals surface area (Å²) in [6.07, 6.45) is 3.39. The van der Waals surface area contributed by atoms with Crippen LogP contribution in [0.1, 0.15) is 19.3 Å². The summed E-state index contributed by atoms with van der Waals surface area (Å²) in [4.78, 5) is 25.4. The molecular formula is C13H26N4O3. The number of nitrogens with one attached hydrogen (secondary N) is 3. The van der Waals surface area contributed by atoms with Crippen LogP contribution in [0, 0.1) is 0 Å². The maximum Gasteiger partial charge on any atom is 0.321 e. The molecule has 7 nitrogen and oxygen atoms in total. The number of methoxy groups -OCH3 is 1. The van der Waals surface area contributed by atoms with E-state index in [1.807, 2.05) is 7.05 Å². The highest BCUT2D eigenvalue weighted by atomic mass is 16.5. The van der Waals surface area contributed by atoms with Crippen molar-refractivity contribution in [2.24, 2.45) is 0 Å². The number of hydrogen-bond acceptors (Lipinski definition) is 5. The van der Waals surface area contributed by atoms with Gasteiger partial charge in [-0.1, -0.05) is 6.42 Å². The first-order valence-electron chi connectivity index (χ1n) is 7.12. The van der Waals surface area contributed by atoms with Crippen LogP contribution in [0.25, 0.3) is 0 Å². The molecule has 1 unspecified atom stereocenters. The van der Waals surface area contributed by atoms with E-state index in [0.717, 1.165) is 25.9 Å². The van der Waals surface area contributed by atoms with Gasteiger partial charge in [-0.3, -0.25) is 15.0 Å². The van der Waals surface area contributed by atoms with E-state index in [1.165, 1.54) is 6.42 Å². The van der Waals surface area contributed by atoms with E-state index < -0.39 is 6.03 Å². The van der Waals surface area contributed by atoms with Gasteiger partial charge in [-0.2, -0.15) is 0 Å². The first-order chi connectivity index (χ1) is 9.67. The van der Waals surface area contributed by atoms with E-state index in [1.54, 1.807) is 7.11 Å². The van der Waals surface area contributed by atoms with E-state index >= 15 is 0 Å². The van der Waals surface area contributed by atoms with E-state index in [9.17, 15) is 9.59 Å². The fraction of sp³-hybridized carbons (Fsp3) is 0.846. The Morgan fingerprint density at radius 3 is 2.85 bits per heavy atom. The Bertz CT molecular complexity index is 310. The molecule has 0 spiro atoms. The van der Waals surface area contributed by atoms with Crippen LogP contribution < -0.4 is 16.0 Å². The maximum atomic E-state index is 11.8. The number of hydrogen-bond donors (Lipinski definition) is 3. The van der Waals surface area contributed by atoms with Crippen LogP contribution >= 0.6 is 0 Å². The minimum absolute atomic E-state index is 0.261. The van der Waals surface area contributed by atoms with E-state index in [0.29, 0.717) is 19.2 Å². The number of nitrogens with zero attached hydrogens (tertiary/aromatic N) is 1. The molecule has 0 aromatic heterocycles. The molecule has 0 bridgehead atoms. The summed E-state index contributed by atoms with van der Waals surface area (Å²) in [5.41, 5.74) is 0. The van der Waals surface area contributed by atoms with Crippen molar-refractivity contribution in [2.75, 3.05) is 46.9 Å². The van der Waals surface area contributed by atoms with Crippen molar-refractivity contribution >= 4 is 11.9 Å². The van der Waals surface area contributed by atoms with Gasteiger partial charge in [-0.25, -0.2) is 4.79 Å². The second-order valence-corrected chi connectivity index (χ2v) is 4.97. The average Bonchev–Trinajstić information content (AvgIpc) is 2.41. The topological polar surface area (TPSA) is 82.7 Å². The third-order valence-electron chi connectivity index (χ3n) is 3.38. The van der Waals surface area contributed by atoms with Gasteiger partial charge < -0.3 is 15.4 Å². The number of ether oxygens (including phenoxy) is 1. The zero-order valence-electron chi connectivity index (χ0n) is 12.4. The van der Waals surface area contributed by atoms with Gasteiger partial charge in [0.05, 0.1) is 13.2 Å². The molecule has 1 aliphatic heterocycles. The highest BCUT2D eigenvalue weighted by Gasteiger charge is 2.24. The fourth-order valence-electron chi connectivity index (χ4n) is 2.40. The Labute approximate surface area is 120 Å². The minimum atomic E-state index is -0.464. The van der Waals surface area contributed by atoms with E-state index in [-0.39, 0.29) is 12.5 Å². The lowest BCUT2D eigenvalue weighted by atomic mass is 10.0. The van der Waals surface area contributed by atoms with Crippen LogP contribution in [0.3, 0.4) is 0 Å². The third kappa shape index (κ3) is 6.31. The number of likely N-dealkylation sites (N-methyl/N-ethyl adjacent to an activating group) is 1. The number of carbonyl (C=O) groups is 2. The molecule has 1 fully saturated rings. The quantitative estimate of drug-likeness (QED) is 0.551. The van der Waals surface area contributed by atoms with Gasteiger partial charge in [0.15, 0.2) is 0 Å². The molecule has 116 valence electrons. The smallest absolute Gasteiger partial charge is 0.321 e. The van der Waals surface area contributed by atoms with Crippen molar-refractivity contribution in [3.8, 4) is 0 Å². The molecular weight excluding hydrogens is 260 g/mol. The van der Waals surface area contributed by atoms with E-state index in [4.69, 9.17) is 4.74 Å². The van der Waals surface area contributed by atoms with Gasteiger partial charge in [-0.15, -0.1) is 0 Å². The van der Waals surface area contributed by atoms with Crippen molar-refractivity contribution in [1.29, 1.82) is 0 Å². The lowest BCUT2D eigenvalue weighted by Gasteiger charge is -2.34. The maximum absolute atomic E-state index is 11.8. The minimum Gasteiger partial charge on any atom is -0.383 e. The van der Waals surface area contributed by atoms with E-state index in [2.05, 4.69) is 20.9 Å². The van der Waals surface area contributed by atoms with Crippen LogP contribution in [0.5, 0.6) is 0 Å². The molecule has 3 N–H and O–H groups in total. The van der Waals surface area contributed by atoms with Gasteiger partial charge >= 0.3 is 6.03 Å². The SMILES string of the molecule is CNCC1CCCCN1CC(=O)NC(=O)NCCOC. The second kappa shape index (κ2) is 9.68. The number of imide groups is 1. The molecule has 0 radical (unpaired) electrons. The lowest BCUT2D eigenvalue weighted by molar-refractivity contribution is -0.122. The molecule has 7 heteroatoms. The summed E-state index contributed by atoms with van der Waals surface area (Å²) in [5, 5.41) is 8.05. The van der Waals surface area contributed by atoms with Crippen molar-refractivity contribution < 1.29 is 14.3 Å². The van der Waals surface area contributed by atoms with Gasteiger partial charge in [0.1, 0.15) is 0 Å². The summed E-state index contributed by atoms with van der Waals surface area (Å²) in [6, 6.07) is -0.0923. The molecule has 0 aliphatic carbocycles. The monoisotopic (exact) mass is 286 g/mol. The molecule has 0 saturated carbocycles. The number of carbonyl (C=O) groups excluding carboxylic acids is 2. The van der Waals surface area contributed by atoms with Gasteiger partial charge in [-0.05, 0) is 26.4 Å². The highest BCUT2D eigenvalue weighted by molar-refractivity contribution is 5.95. The summed E-state index contributed by atoms with van der Waals surface area (Å²) in [5.74, 6) is -0.261. The van der Waals surface area contributed by atoms with Crippen LogP contribution in [0.2, 0.25) is 0 Å².